The van der Waals surface area contributed by atoms with Gasteiger partial charge in [0.25, 0.3) is 0 Å². The zero-order chi connectivity index (χ0) is 31.6. The molecule has 0 aliphatic heterocycles. The van der Waals surface area contributed by atoms with E-state index in [1.165, 1.54) is 5.56 Å². The smallest absolute Gasteiger partial charge is 0.120 e. The van der Waals surface area contributed by atoms with Gasteiger partial charge in [0, 0.05) is 40.6 Å². The molecule has 0 amide bonds. The van der Waals surface area contributed by atoms with Crippen LogP contribution in [0.4, 0.5) is 0 Å². The summed E-state index contributed by atoms with van der Waals surface area (Å²) in [6.07, 6.45) is 2.35. The van der Waals surface area contributed by atoms with Gasteiger partial charge in [0.05, 0.1) is 13.7 Å². The number of para-hydroxylation sites is 1. The van der Waals surface area contributed by atoms with Crippen LogP contribution in [0, 0.1) is 12.1 Å². The molecule has 44 heavy (non-hydrogen) atoms. The Morgan fingerprint density at radius 1 is 0.727 bits per heavy atom. The maximum Gasteiger partial charge on any atom is 0.120 e. The zero-order valence-corrected chi connectivity index (χ0v) is 28.6. The van der Waals surface area contributed by atoms with Crippen LogP contribution in [0.25, 0.3) is 55.6 Å². The second kappa shape index (κ2) is 13.6. The van der Waals surface area contributed by atoms with Crippen molar-refractivity contribution in [1.82, 2.24) is 9.97 Å². The van der Waals surface area contributed by atoms with Crippen molar-refractivity contribution in [3.05, 3.63) is 139 Å². The molecule has 3 nitrogen and oxygen atoms in total. The molecule has 7 aromatic rings. The number of fused-ring (bicyclic) bond motifs is 3. The normalized spacial score (nSPS) is 12.1. The molecule has 221 valence electrons. The molecule has 0 N–H and O–H groups in total. The van der Waals surface area contributed by atoms with Gasteiger partial charge in [-0.1, -0.05) is 98.2 Å². The Labute approximate surface area is 277 Å². The van der Waals surface area contributed by atoms with E-state index in [1.54, 1.807) is 6.92 Å². The fourth-order valence-electron chi connectivity index (χ4n) is 5.17. The Balaban J connectivity index is 0.000000182. The standard InChI is InChI=1S/C23H14NO.C16H20NSi.Ir/c1-2-6-16(7-3-1)17-12-13-24-21(15-17)18-10-11-23-20(14-18)19-8-4-5-9-22(19)25-23;1-5-13-11-15(14-9-7-6-8-10-14)17-12-16(13)18(2,3)4;/h1-9,11-15H;6-9,11-12H,5H2,1-4H3;/q2*-1;/i;5D2;. The van der Waals surface area contributed by atoms with Crippen LogP contribution in [0.3, 0.4) is 0 Å². The molecular formula is C39H34IrN2OSi-2. The first-order valence-electron chi connectivity index (χ1n) is 15.4. The van der Waals surface area contributed by atoms with Gasteiger partial charge in [-0.3, -0.25) is 0 Å². The number of aryl methyl sites for hydroxylation is 1. The number of aromatic nitrogens is 2. The van der Waals surface area contributed by atoms with Gasteiger partial charge < -0.3 is 14.4 Å². The molecule has 3 aromatic heterocycles. The van der Waals surface area contributed by atoms with Gasteiger partial charge in [-0.25, -0.2) is 0 Å². The van der Waals surface area contributed by atoms with E-state index in [9.17, 15) is 0 Å². The van der Waals surface area contributed by atoms with Crippen molar-refractivity contribution in [2.75, 3.05) is 0 Å². The van der Waals surface area contributed by atoms with Crippen molar-refractivity contribution < 1.29 is 27.3 Å². The largest absolute Gasteiger partial charge is 0.500 e. The molecule has 1 radical (unpaired) electrons. The average molecular weight is 769 g/mol. The second-order valence-electron chi connectivity index (χ2n) is 11.4. The molecule has 0 saturated carbocycles. The molecular weight excluding hydrogens is 733 g/mol. The molecule has 7 rings (SSSR count). The molecule has 0 saturated heterocycles. The number of furan rings is 1. The molecule has 0 aliphatic rings. The van der Waals surface area contributed by atoms with Gasteiger partial charge >= 0.3 is 0 Å². The molecule has 4 aromatic carbocycles. The molecule has 3 heterocycles. The topological polar surface area (TPSA) is 38.9 Å². The summed E-state index contributed by atoms with van der Waals surface area (Å²) in [5.41, 5.74) is 8.41. The van der Waals surface area contributed by atoms with Crippen molar-refractivity contribution in [3.8, 4) is 33.6 Å². The summed E-state index contributed by atoms with van der Waals surface area (Å²) >= 11 is 0. The number of hydrogen-bond acceptors (Lipinski definition) is 3. The second-order valence-corrected chi connectivity index (χ2v) is 16.4. The summed E-state index contributed by atoms with van der Waals surface area (Å²) in [6, 6.07) is 42.6. The van der Waals surface area contributed by atoms with Crippen LogP contribution < -0.4 is 5.19 Å². The summed E-state index contributed by atoms with van der Waals surface area (Å²) < 4.78 is 22.1. The Morgan fingerprint density at radius 3 is 2.23 bits per heavy atom. The summed E-state index contributed by atoms with van der Waals surface area (Å²) in [5, 5.41) is 3.30. The Kier molecular flexibility index (Phi) is 8.87. The third kappa shape index (κ3) is 6.81. The van der Waals surface area contributed by atoms with E-state index in [4.69, 9.17) is 7.16 Å². The third-order valence-corrected chi connectivity index (χ3v) is 9.43. The van der Waals surface area contributed by atoms with Crippen LogP contribution in [0.5, 0.6) is 0 Å². The molecule has 5 heteroatoms. The molecule has 0 aliphatic carbocycles. The Bertz CT molecular complexity index is 2090. The molecule has 0 fully saturated rings. The van der Waals surface area contributed by atoms with E-state index >= 15 is 0 Å². The van der Waals surface area contributed by atoms with Crippen molar-refractivity contribution >= 4 is 35.2 Å². The number of hydrogen-bond donors (Lipinski definition) is 0. The first kappa shape index (κ1) is 28.6. The van der Waals surface area contributed by atoms with Gasteiger partial charge in [0.2, 0.25) is 0 Å². The van der Waals surface area contributed by atoms with Crippen LogP contribution >= 0.6 is 0 Å². The van der Waals surface area contributed by atoms with Crippen molar-refractivity contribution in [3.63, 3.8) is 0 Å². The van der Waals surface area contributed by atoms with Gasteiger partial charge in [-0.15, -0.1) is 59.7 Å². The van der Waals surface area contributed by atoms with Crippen molar-refractivity contribution in [2.24, 2.45) is 0 Å². The summed E-state index contributed by atoms with van der Waals surface area (Å²) in [6.45, 7) is 8.26. The average Bonchev–Trinajstić information content (AvgIpc) is 3.43. The number of benzene rings is 4. The van der Waals surface area contributed by atoms with Gasteiger partial charge in [0.15, 0.2) is 0 Å². The monoisotopic (exact) mass is 769 g/mol. The maximum atomic E-state index is 8.10. The Morgan fingerprint density at radius 2 is 1.48 bits per heavy atom. The van der Waals surface area contributed by atoms with Crippen molar-refractivity contribution in [1.29, 1.82) is 0 Å². The quantitative estimate of drug-likeness (QED) is 0.129. The van der Waals surface area contributed by atoms with E-state index in [0.29, 0.717) is 0 Å². The summed E-state index contributed by atoms with van der Waals surface area (Å²) in [4.78, 5) is 9.07. The molecule has 0 atom stereocenters. The number of rotatable bonds is 5. The molecule has 0 unspecified atom stereocenters. The molecule has 0 bridgehead atoms. The van der Waals surface area contributed by atoms with E-state index < -0.39 is 14.4 Å². The van der Waals surface area contributed by atoms with Crippen LogP contribution in [-0.4, -0.2) is 18.0 Å². The first-order valence-corrected chi connectivity index (χ1v) is 17.9. The zero-order valence-electron chi connectivity index (χ0n) is 27.2. The first-order chi connectivity index (χ1) is 21.6. The molecule has 0 spiro atoms. The van der Waals surface area contributed by atoms with Crippen LogP contribution in [0.1, 0.15) is 15.2 Å². The minimum Gasteiger partial charge on any atom is -0.500 e. The van der Waals surface area contributed by atoms with Crippen molar-refractivity contribution in [2.45, 2.75) is 32.9 Å². The van der Waals surface area contributed by atoms with E-state index in [2.05, 4.69) is 72.1 Å². The third-order valence-electron chi connectivity index (χ3n) is 7.42. The maximum absolute atomic E-state index is 8.10. The minimum absolute atomic E-state index is 0. The Hall–Kier alpha value is -4.15. The van der Waals surface area contributed by atoms with Crippen LogP contribution in [0.2, 0.25) is 19.6 Å². The fourth-order valence-corrected chi connectivity index (χ4v) is 6.62. The number of nitrogens with zero attached hydrogens (tertiary/aromatic N) is 2. The van der Waals surface area contributed by atoms with Crippen LogP contribution in [0.15, 0.2) is 126 Å². The predicted molar refractivity (Wildman–Crippen MR) is 182 cm³/mol. The van der Waals surface area contributed by atoms with Gasteiger partial charge in [-0.2, -0.15) is 0 Å². The van der Waals surface area contributed by atoms with Gasteiger partial charge in [0.1, 0.15) is 5.58 Å². The van der Waals surface area contributed by atoms with Crippen LogP contribution in [-0.2, 0) is 26.5 Å². The predicted octanol–water partition coefficient (Wildman–Crippen LogP) is 9.77. The minimum atomic E-state index is -1.62. The summed E-state index contributed by atoms with van der Waals surface area (Å²) in [7, 11) is -1.62. The fraction of sp³-hybridized carbons (Fsp3) is 0.128. The SMILES string of the molecule is [2H]C([2H])(C)c1cc(-c2[c-]cccc2)ncc1[Si](C)(C)C.[Ir].[c-]1cc2oc3ccccc3c2cc1-c1cc(-c2ccccc2)ccn1. The van der Waals surface area contributed by atoms with E-state index in [0.717, 1.165) is 60.8 Å². The van der Waals surface area contributed by atoms with Gasteiger partial charge in [-0.05, 0) is 46.2 Å². The van der Waals surface area contributed by atoms with E-state index in [1.807, 2.05) is 91.3 Å². The number of pyridine rings is 2. The summed E-state index contributed by atoms with van der Waals surface area (Å²) in [5.74, 6) is 0. The van der Waals surface area contributed by atoms with E-state index in [-0.39, 0.29) is 20.1 Å².